The number of rotatable bonds is 2. The number of carbonyl (C=O) groups excluding carboxylic acids is 1. The quantitative estimate of drug-likeness (QED) is 0.842. The third kappa shape index (κ3) is 1.85. The zero-order chi connectivity index (χ0) is 14.1. The van der Waals surface area contributed by atoms with E-state index in [1.807, 2.05) is 37.3 Å². The van der Waals surface area contributed by atoms with Gasteiger partial charge < -0.3 is 10.1 Å². The highest BCUT2D eigenvalue weighted by atomic mass is 16.5. The molecule has 6 nitrogen and oxygen atoms in total. The SMILES string of the molecule is COC(=O)C1=C(C)Nc2ncnn2C1c1ccccc1. The molecule has 0 saturated heterocycles. The average Bonchev–Trinajstić information content (AvgIpc) is 2.93. The Hall–Kier alpha value is -2.63. The van der Waals surface area contributed by atoms with Crippen molar-refractivity contribution in [2.75, 3.05) is 12.4 Å². The smallest absolute Gasteiger partial charge is 0.338 e. The first-order chi connectivity index (χ1) is 9.72. The molecule has 1 aromatic heterocycles. The van der Waals surface area contributed by atoms with E-state index in [1.54, 1.807) is 4.68 Å². The number of allylic oxidation sites excluding steroid dienone is 1. The molecule has 3 rings (SSSR count). The van der Waals surface area contributed by atoms with Gasteiger partial charge in [-0.05, 0) is 12.5 Å². The topological polar surface area (TPSA) is 69.0 Å². The number of carbonyl (C=O) groups is 1. The van der Waals surface area contributed by atoms with Gasteiger partial charge in [0.1, 0.15) is 12.4 Å². The van der Waals surface area contributed by atoms with E-state index in [1.165, 1.54) is 13.4 Å². The lowest BCUT2D eigenvalue weighted by Crippen LogP contribution is -2.29. The normalized spacial score (nSPS) is 17.4. The van der Waals surface area contributed by atoms with Crippen LogP contribution in [0.5, 0.6) is 0 Å². The van der Waals surface area contributed by atoms with Crippen LogP contribution in [-0.2, 0) is 9.53 Å². The molecule has 20 heavy (non-hydrogen) atoms. The molecule has 102 valence electrons. The van der Waals surface area contributed by atoms with Crippen molar-refractivity contribution in [3.8, 4) is 0 Å². The number of benzene rings is 1. The Kier molecular flexibility index (Phi) is 2.98. The second kappa shape index (κ2) is 4.80. The van der Waals surface area contributed by atoms with Crippen LogP contribution >= 0.6 is 0 Å². The predicted octanol–water partition coefficient (Wildman–Crippen LogP) is 1.74. The number of aromatic nitrogens is 3. The molecule has 0 aliphatic carbocycles. The van der Waals surface area contributed by atoms with Crippen molar-refractivity contribution in [2.45, 2.75) is 13.0 Å². The third-order valence-electron chi connectivity index (χ3n) is 3.32. The first kappa shape index (κ1) is 12.4. The number of esters is 1. The number of nitrogens with zero attached hydrogens (tertiary/aromatic N) is 3. The molecule has 1 unspecified atom stereocenters. The van der Waals surface area contributed by atoms with Gasteiger partial charge in [0.15, 0.2) is 0 Å². The van der Waals surface area contributed by atoms with E-state index in [9.17, 15) is 4.79 Å². The first-order valence-corrected chi connectivity index (χ1v) is 6.23. The van der Waals surface area contributed by atoms with Crippen LogP contribution < -0.4 is 5.32 Å². The lowest BCUT2D eigenvalue weighted by Gasteiger charge is -2.27. The van der Waals surface area contributed by atoms with E-state index in [0.717, 1.165) is 11.3 Å². The van der Waals surface area contributed by atoms with Gasteiger partial charge in [-0.25, -0.2) is 9.48 Å². The fourth-order valence-corrected chi connectivity index (χ4v) is 2.41. The van der Waals surface area contributed by atoms with Gasteiger partial charge in [0.25, 0.3) is 0 Å². The number of hydrogen-bond donors (Lipinski definition) is 1. The Morgan fingerprint density at radius 1 is 1.35 bits per heavy atom. The standard InChI is InChI=1S/C14H14N4O2/c1-9-11(13(19)20-2)12(10-6-4-3-5-7-10)18-14(17-9)15-8-16-18/h3-8,12H,1-2H3,(H,15,16,17). The van der Waals surface area contributed by atoms with E-state index in [2.05, 4.69) is 15.4 Å². The van der Waals surface area contributed by atoms with E-state index in [0.29, 0.717) is 11.5 Å². The summed E-state index contributed by atoms with van der Waals surface area (Å²) in [6, 6.07) is 9.37. The van der Waals surface area contributed by atoms with Gasteiger partial charge in [-0.3, -0.25) is 0 Å². The minimum atomic E-state index is -0.370. The van der Waals surface area contributed by atoms with Crippen molar-refractivity contribution in [2.24, 2.45) is 0 Å². The van der Waals surface area contributed by atoms with Crippen LogP contribution in [0.2, 0.25) is 0 Å². The van der Waals surface area contributed by atoms with Crippen molar-refractivity contribution in [1.82, 2.24) is 14.8 Å². The Labute approximate surface area is 116 Å². The summed E-state index contributed by atoms with van der Waals surface area (Å²) in [5.74, 6) is 0.244. The van der Waals surface area contributed by atoms with Crippen LogP contribution in [0.4, 0.5) is 5.95 Å². The van der Waals surface area contributed by atoms with Gasteiger partial charge in [-0.2, -0.15) is 10.1 Å². The van der Waals surface area contributed by atoms with Crippen molar-refractivity contribution >= 4 is 11.9 Å². The monoisotopic (exact) mass is 270 g/mol. The van der Waals surface area contributed by atoms with Crippen LogP contribution in [0.15, 0.2) is 47.9 Å². The summed E-state index contributed by atoms with van der Waals surface area (Å²) >= 11 is 0. The second-order valence-corrected chi connectivity index (χ2v) is 4.50. The van der Waals surface area contributed by atoms with Crippen molar-refractivity contribution in [3.63, 3.8) is 0 Å². The molecular weight excluding hydrogens is 256 g/mol. The molecule has 0 spiro atoms. The largest absolute Gasteiger partial charge is 0.466 e. The Morgan fingerprint density at radius 3 is 2.80 bits per heavy atom. The number of nitrogens with one attached hydrogen (secondary N) is 1. The summed E-state index contributed by atoms with van der Waals surface area (Å²) in [5, 5.41) is 7.29. The molecule has 1 N–H and O–H groups in total. The van der Waals surface area contributed by atoms with E-state index in [-0.39, 0.29) is 12.0 Å². The summed E-state index contributed by atoms with van der Waals surface area (Å²) < 4.78 is 6.59. The molecule has 2 heterocycles. The maximum absolute atomic E-state index is 12.1. The van der Waals surface area contributed by atoms with Crippen molar-refractivity contribution in [3.05, 3.63) is 53.5 Å². The first-order valence-electron chi connectivity index (χ1n) is 6.23. The number of fused-ring (bicyclic) bond motifs is 1. The van der Waals surface area contributed by atoms with Crippen LogP contribution in [0.1, 0.15) is 18.5 Å². The van der Waals surface area contributed by atoms with Gasteiger partial charge in [0.05, 0.1) is 12.7 Å². The van der Waals surface area contributed by atoms with Crippen molar-refractivity contribution in [1.29, 1.82) is 0 Å². The van der Waals surface area contributed by atoms with Gasteiger partial charge >= 0.3 is 5.97 Å². The van der Waals surface area contributed by atoms with E-state index < -0.39 is 0 Å². The number of methoxy groups -OCH3 is 1. The maximum atomic E-state index is 12.1. The molecule has 1 aliphatic rings. The highest BCUT2D eigenvalue weighted by Gasteiger charge is 2.33. The molecule has 0 saturated carbocycles. The van der Waals surface area contributed by atoms with Crippen LogP contribution in [-0.4, -0.2) is 27.8 Å². The number of ether oxygens (including phenoxy) is 1. The zero-order valence-corrected chi connectivity index (χ0v) is 11.2. The van der Waals surface area contributed by atoms with Crippen LogP contribution in [0.25, 0.3) is 0 Å². The second-order valence-electron chi connectivity index (χ2n) is 4.50. The van der Waals surface area contributed by atoms with Crippen molar-refractivity contribution < 1.29 is 9.53 Å². The molecule has 1 aromatic carbocycles. The third-order valence-corrected chi connectivity index (χ3v) is 3.32. The predicted molar refractivity (Wildman–Crippen MR) is 72.9 cm³/mol. The average molecular weight is 270 g/mol. The molecule has 1 aliphatic heterocycles. The van der Waals surface area contributed by atoms with Gasteiger partial charge in [-0.15, -0.1) is 0 Å². The molecule has 6 heteroatoms. The molecule has 0 radical (unpaired) electrons. The fraction of sp³-hybridized carbons (Fsp3) is 0.214. The summed E-state index contributed by atoms with van der Waals surface area (Å²) in [6.45, 7) is 1.83. The number of hydrogen-bond acceptors (Lipinski definition) is 5. The molecule has 0 fully saturated rings. The van der Waals surface area contributed by atoms with E-state index >= 15 is 0 Å². The van der Waals surface area contributed by atoms with Crippen LogP contribution in [0.3, 0.4) is 0 Å². The Bertz CT molecular complexity index is 675. The minimum Gasteiger partial charge on any atom is -0.466 e. The molecule has 0 amide bonds. The summed E-state index contributed by atoms with van der Waals surface area (Å²) in [4.78, 5) is 16.3. The maximum Gasteiger partial charge on any atom is 0.338 e. The molecular formula is C14H14N4O2. The van der Waals surface area contributed by atoms with Gasteiger partial charge in [-0.1, -0.05) is 30.3 Å². The summed E-state index contributed by atoms with van der Waals surface area (Å²) in [5.41, 5.74) is 2.23. The highest BCUT2D eigenvalue weighted by molar-refractivity contribution is 5.92. The zero-order valence-electron chi connectivity index (χ0n) is 11.2. The van der Waals surface area contributed by atoms with Crippen LogP contribution in [0, 0.1) is 0 Å². The van der Waals surface area contributed by atoms with Gasteiger partial charge in [0, 0.05) is 5.70 Å². The molecule has 1 atom stereocenters. The van der Waals surface area contributed by atoms with E-state index in [4.69, 9.17) is 4.74 Å². The highest BCUT2D eigenvalue weighted by Crippen LogP contribution is 2.34. The van der Waals surface area contributed by atoms with Gasteiger partial charge in [0.2, 0.25) is 5.95 Å². The Balaban J connectivity index is 2.19. The molecule has 0 bridgehead atoms. The lowest BCUT2D eigenvalue weighted by molar-refractivity contribution is -0.136. The molecule has 2 aromatic rings. The summed E-state index contributed by atoms with van der Waals surface area (Å²) in [7, 11) is 1.38. The Morgan fingerprint density at radius 2 is 2.10 bits per heavy atom. The summed E-state index contributed by atoms with van der Waals surface area (Å²) in [6.07, 6.45) is 1.46. The minimum absolute atomic E-state index is 0.331. The fourth-order valence-electron chi connectivity index (χ4n) is 2.41. The lowest BCUT2D eigenvalue weighted by atomic mass is 9.96. The number of anilines is 1.